The zero-order valence-electron chi connectivity index (χ0n) is 17.4. The lowest BCUT2D eigenvalue weighted by Crippen LogP contribution is -2.10. The van der Waals surface area contributed by atoms with Gasteiger partial charge in [0.1, 0.15) is 17.2 Å². The van der Waals surface area contributed by atoms with Gasteiger partial charge in [0.15, 0.2) is 10.8 Å². The maximum absolute atomic E-state index is 12.5. The van der Waals surface area contributed by atoms with Crippen LogP contribution in [0.15, 0.2) is 65.5 Å². The number of hydrogen-bond acceptors (Lipinski definition) is 7. The fourth-order valence-corrected chi connectivity index (χ4v) is 4.53. The Hall–Kier alpha value is -3.85. The van der Waals surface area contributed by atoms with Crippen molar-refractivity contribution >= 4 is 50.9 Å². The highest BCUT2D eigenvalue weighted by molar-refractivity contribution is 7.99. The number of imidazole rings is 1. The Morgan fingerprint density at radius 3 is 2.75 bits per heavy atom. The number of aromatic nitrogens is 5. The molecule has 0 aliphatic carbocycles. The number of nitrogens with zero attached hydrogens (tertiary/aromatic N) is 4. The predicted octanol–water partition coefficient (Wildman–Crippen LogP) is 4.30. The molecule has 0 unspecified atom stereocenters. The molecule has 0 atom stereocenters. The third kappa shape index (κ3) is 3.36. The first kappa shape index (κ1) is 20.1. The molecule has 0 aliphatic heterocycles. The molecular weight excluding hydrogens is 426 g/mol. The molecule has 3 heterocycles. The number of hydrogen-bond donors (Lipinski definition) is 2. The normalized spacial score (nSPS) is 12.4. The fraction of sp³-hybridized carbons (Fsp3) is 0.130. The van der Waals surface area contributed by atoms with Crippen LogP contribution in [0, 0.1) is 6.92 Å². The van der Waals surface area contributed by atoms with Gasteiger partial charge in [-0.3, -0.25) is 4.40 Å². The van der Waals surface area contributed by atoms with Crippen LogP contribution < -0.4 is 0 Å². The lowest BCUT2D eigenvalue weighted by molar-refractivity contribution is -0.133. The summed E-state index contributed by atoms with van der Waals surface area (Å²) in [6, 6.07) is 17.4. The summed E-state index contributed by atoms with van der Waals surface area (Å²) in [7, 11) is 1.27. The number of aromatic amines is 1. The average Bonchev–Trinajstić information content (AvgIpc) is 3.41. The second-order valence-electron chi connectivity index (χ2n) is 7.23. The number of aliphatic hydroxyl groups is 1. The summed E-state index contributed by atoms with van der Waals surface area (Å²) < 4.78 is 6.85. The SMILES string of the molecule is COC(=O)C(=C(O)CSc1nnc2cc(C)c3ccccc3n12)c1nc2ccccc2[nH]1. The lowest BCUT2D eigenvalue weighted by Gasteiger charge is -2.08. The van der Waals surface area contributed by atoms with Crippen molar-refractivity contribution in [2.75, 3.05) is 12.9 Å². The van der Waals surface area contributed by atoms with Crippen molar-refractivity contribution in [3.05, 3.63) is 71.7 Å². The number of carbonyl (C=O) groups excluding carboxylic acids is 1. The van der Waals surface area contributed by atoms with Crippen molar-refractivity contribution in [3.8, 4) is 0 Å². The molecule has 0 aliphatic rings. The van der Waals surface area contributed by atoms with Crippen LogP contribution in [0.25, 0.3) is 33.2 Å². The monoisotopic (exact) mass is 445 g/mol. The third-order valence-electron chi connectivity index (χ3n) is 5.22. The largest absolute Gasteiger partial charge is 0.510 e. The van der Waals surface area contributed by atoms with E-state index in [1.54, 1.807) is 0 Å². The minimum Gasteiger partial charge on any atom is -0.510 e. The molecular formula is C23H19N5O3S. The number of fused-ring (bicyclic) bond motifs is 4. The minimum absolute atomic E-state index is 0.00859. The van der Waals surface area contributed by atoms with Gasteiger partial charge in [-0.1, -0.05) is 42.1 Å². The van der Waals surface area contributed by atoms with E-state index in [-0.39, 0.29) is 22.9 Å². The van der Waals surface area contributed by atoms with Gasteiger partial charge in [-0.15, -0.1) is 10.2 Å². The van der Waals surface area contributed by atoms with Gasteiger partial charge in [0.2, 0.25) is 0 Å². The summed E-state index contributed by atoms with van der Waals surface area (Å²) in [5.41, 5.74) is 4.24. The number of carbonyl (C=O) groups is 1. The first-order valence-corrected chi connectivity index (χ1v) is 10.9. The van der Waals surface area contributed by atoms with Crippen molar-refractivity contribution in [2.24, 2.45) is 0 Å². The van der Waals surface area contributed by atoms with E-state index in [0.29, 0.717) is 10.7 Å². The van der Waals surface area contributed by atoms with Gasteiger partial charge in [0.05, 0.1) is 29.4 Å². The molecule has 0 amide bonds. The maximum atomic E-state index is 12.5. The first-order chi connectivity index (χ1) is 15.6. The number of esters is 1. The van der Waals surface area contributed by atoms with E-state index in [4.69, 9.17) is 4.74 Å². The van der Waals surface area contributed by atoms with Gasteiger partial charge in [-0.05, 0) is 36.8 Å². The van der Waals surface area contributed by atoms with Crippen LogP contribution >= 0.6 is 11.8 Å². The van der Waals surface area contributed by atoms with Gasteiger partial charge >= 0.3 is 5.97 Å². The lowest BCUT2D eigenvalue weighted by atomic mass is 10.1. The molecule has 0 bridgehead atoms. The van der Waals surface area contributed by atoms with Crippen molar-refractivity contribution in [2.45, 2.75) is 12.1 Å². The highest BCUT2D eigenvalue weighted by atomic mass is 32.2. The Morgan fingerprint density at radius 1 is 1.16 bits per heavy atom. The number of nitrogens with one attached hydrogen (secondary N) is 1. The van der Waals surface area contributed by atoms with Gasteiger partial charge in [-0.2, -0.15) is 0 Å². The molecule has 0 saturated heterocycles. The topological polar surface area (TPSA) is 105 Å². The van der Waals surface area contributed by atoms with Crippen LogP contribution in [0.4, 0.5) is 0 Å². The molecule has 3 aromatic heterocycles. The van der Waals surface area contributed by atoms with E-state index in [2.05, 4.69) is 20.2 Å². The van der Waals surface area contributed by atoms with E-state index in [1.165, 1.54) is 18.9 Å². The third-order valence-corrected chi connectivity index (χ3v) is 6.16. The molecule has 5 rings (SSSR count). The number of benzene rings is 2. The number of thioether (sulfide) groups is 1. The number of aliphatic hydroxyl groups excluding tert-OH is 1. The van der Waals surface area contributed by atoms with Crippen molar-refractivity contribution in [1.82, 2.24) is 24.6 Å². The molecule has 0 fully saturated rings. The summed E-state index contributed by atoms with van der Waals surface area (Å²) in [5, 5.41) is 21.1. The second-order valence-corrected chi connectivity index (χ2v) is 8.17. The van der Waals surface area contributed by atoms with Gasteiger partial charge < -0.3 is 14.8 Å². The number of para-hydroxylation sites is 3. The minimum atomic E-state index is -0.672. The van der Waals surface area contributed by atoms with Crippen molar-refractivity contribution < 1.29 is 14.6 Å². The zero-order chi connectivity index (χ0) is 22.2. The van der Waals surface area contributed by atoms with Crippen LogP contribution in [0.5, 0.6) is 0 Å². The molecule has 0 radical (unpaired) electrons. The number of H-pyrrole nitrogens is 1. The second kappa shape index (κ2) is 8.01. The average molecular weight is 446 g/mol. The maximum Gasteiger partial charge on any atom is 0.345 e. The number of ether oxygens (including phenoxy) is 1. The highest BCUT2D eigenvalue weighted by Gasteiger charge is 2.23. The Kier molecular flexibility index (Phi) is 5.02. The molecule has 0 saturated carbocycles. The fourth-order valence-electron chi connectivity index (χ4n) is 3.70. The van der Waals surface area contributed by atoms with Crippen LogP contribution in [0.2, 0.25) is 0 Å². The smallest absolute Gasteiger partial charge is 0.345 e. The highest BCUT2D eigenvalue weighted by Crippen LogP contribution is 2.28. The van der Waals surface area contributed by atoms with Gasteiger partial charge in [0, 0.05) is 5.39 Å². The summed E-state index contributed by atoms with van der Waals surface area (Å²) >= 11 is 1.28. The van der Waals surface area contributed by atoms with E-state index >= 15 is 0 Å². The zero-order valence-corrected chi connectivity index (χ0v) is 18.2. The van der Waals surface area contributed by atoms with Crippen LogP contribution in [-0.4, -0.2) is 48.5 Å². The Balaban J connectivity index is 1.54. The van der Waals surface area contributed by atoms with Crippen molar-refractivity contribution in [1.29, 1.82) is 0 Å². The Labute approximate surface area is 186 Å². The van der Waals surface area contributed by atoms with Gasteiger partial charge in [0.25, 0.3) is 0 Å². The first-order valence-electron chi connectivity index (χ1n) is 9.88. The predicted molar refractivity (Wildman–Crippen MR) is 124 cm³/mol. The van der Waals surface area contributed by atoms with Crippen LogP contribution in [0.1, 0.15) is 11.4 Å². The summed E-state index contributed by atoms with van der Waals surface area (Å²) in [6.45, 7) is 2.04. The van der Waals surface area contributed by atoms with Crippen LogP contribution in [-0.2, 0) is 9.53 Å². The number of methoxy groups -OCH3 is 1. The molecule has 0 spiro atoms. The quantitative estimate of drug-likeness (QED) is 0.180. The molecule has 2 N–H and O–H groups in total. The van der Waals surface area contributed by atoms with E-state index < -0.39 is 5.97 Å². The molecule has 160 valence electrons. The molecule has 5 aromatic rings. The molecule has 32 heavy (non-hydrogen) atoms. The molecule has 2 aromatic carbocycles. The van der Waals surface area contributed by atoms with Crippen molar-refractivity contribution in [3.63, 3.8) is 0 Å². The molecule has 8 nitrogen and oxygen atoms in total. The number of aryl methyl sites for hydroxylation is 1. The van der Waals surface area contributed by atoms with E-state index in [1.807, 2.05) is 65.9 Å². The van der Waals surface area contributed by atoms with Crippen LogP contribution in [0.3, 0.4) is 0 Å². The number of rotatable bonds is 5. The molecule has 9 heteroatoms. The van der Waals surface area contributed by atoms with Gasteiger partial charge in [-0.25, -0.2) is 9.78 Å². The Morgan fingerprint density at radius 2 is 1.94 bits per heavy atom. The summed E-state index contributed by atoms with van der Waals surface area (Å²) in [5.74, 6) is -0.489. The number of pyridine rings is 1. The van der Waals surface area contributed by atoms with E-state index in [9.17, 15) is 9.90 Å². The standard InChI is InChI=1S/C23H19N5O3S/c1-13-11-19-26-27-23(28(19)17-10-6-3-7-14(13)17)32-12-18(29)20(22(30)31-2)21-24-15-8-4-5-9-16(15)25-21/h3-11,29H,12H2,1-2H3,(H,24,25). The summed E-state index contributed by atoms with van der Waals surface area (Å²) in [6.07, 6.45) is 0. The Bertz CT molecular complexity index is 1490. The summed E-state index contributed by atoms with van der Waals surface area (Å²) in [4.78, 5) is 20.0. The van der Waals surface area contributed by atoms with E-state index in [0.717, 1.165) is 27.6 Å².